The van der Waals surface area contributed by atoms with Crippen LogP contribution in [0.1, 0.15) is 77.6 Å². The van der Waals surface area contributed by atoms with Crippen molar-refractivity contribution in [2.45, 2.75) is 83.6 Å². The number of carboxylic acid groups (broad SMARTS) is 1. The predicted octanol–water partition coefficient (Wildman–Crippen LogP) is 3.38. The van der Waals surface area contributed by atoms with Gasteiger partial charge >= 0.3 is 5.97 Å². The smallest absolute Gasteiger partial charge is 0.320 e. The highest BCUT2D eigenvalue weighted by molar-refractivity contribution is 5.87. The molecule has 5 heteroatoms. The zero-order valence-corrected chi connectivity index (χ0v) is 14.6. The molecule has 0 aromatic carbocycles. The van der Waals surface area contributed by atoms with Gasteiger partial charge in [-0.1, -0.05) is 51.5 Å². The quantitative estimate of drug-likeness (QED) is 0.318. The molecule has 1 amide bonds. The minimum Gasteiger partial charge on any atom is -0.480 e. The summed E-state index contributed by atoms with van der Waals surface area (Å²) in [4.78, 5) is 22.1. The molecule has 0 aliphatic heterocycles. The summed E-state index contributed by atoms with van der Waals surface area (Å²) < 4.78 is 0. The number of unbranched alkanes of at least 4 members (excludes halogenated alkanes) is 8. The first-order valence-corrected chi connectivity index (χ1v) is 9.00. The third kappa shape index (κ3) is 15.3. The monoisotopic (exact) mass is 326 g/mol. The van der Waals surface area contributed by atoms with Crippen LogP contribution in [0.25, 0.3) is 0 Å². The topological polar surface area (TPSA) is 92.4 Å². The van der Waals surface area contributed by atoms with Crippen molar-refractivity contribution in [1.82, 2.24) is 5.32 Å². The number of hydrogen-bond acceptors (Lipinski definition) is 3. The minimum atomic E-state index is -0.970. The maximum Gasteiger partial charge on any atom is 0.320 e. The van der Waals surface area contributed by atoms with Crippen molar-refractivity contribution in [2.24, 2.45) is 5.73 Å². The molecule has 1 atom stereocenters. The molecule has 0 aromatic rings. The van der Waals surface area contributed by atoms with E-state index in [4.69, 9.17) is 10.8 Å². The molecule has 4 N–H and O–H groups in total. The van der Waals surface area contributed by atoms with Gasteiger partial charge in [0.25, 0.3) is 0 Å². The number of aliphatic carboxylic acids is 1. The Hall–Kier alpha value is -1.36. The maximum absolute atomic E-state index is 11.5. The molecule has 0 radical (unpaired) electrons. The molecule has 0 heterocycles. The standard InChI is InChI=1S/C18H34N2O3/c1-2-3-4-5-6-7-8-9-10-14-17(21)20-15-12-11-13-16(19)18(22)23/h10,14,16H,2-9,11-13,15,19H2,1H3,(H,20,21)(H,22,23)/b14-10+/t16-/m0/s1. The number of amides is 1. The fraction of sp³-hybridized carbons (Fsp3) is 0.778. The Morgan fingerprint density at radius 1 is 1.04 bits per heavy atom. The van der Waals surface area contributed by atoms with Crippen molar-refractivity contribution in [3.63, 3.8) is 0 Å². The number of hydrogen-bond donors (Lipinski definition) is 3. The lowest BCUT2D eigenvalue weighted by Gasteiger charge is -2.06. The van der Waals surface area contributed by atoms with E-state index in [0.717, 1.165) is 19.3 Å². The molecule has 23 heavy (non-hydrogen) atoms. The Kier molecular flexibility index (Phi) is 14.6. The molecule has 0 saturated heterocycles. The number of carbonyl (C=O) groups is 2. The fourth-order valence-electron chi connectivity index (χ4n) is 2.29. The second kappa shape index (κ2) is 15.5. The fourth-order valence-corrected chi connectivity index (χ4v) is 2.29. The maximum atomic E-state index is 11.5. The number of nitrogens with one attached hydrogen (secondary N) is 1. The van der Waals surface area contributed by atoms with Gasteiger partial charge in [-0.05, 0) is 38.2 Å². The van der Waals surface area contributed by atoms with Crippen molar-refractivity contribution >= 4 is 11.9 Å². The molecule has 5 nitrogen and oxygen atoms in total. The lowest BCUT2D eigenvalue weighted by Crippen LogP contribution is -2.30. The number of nitrogens with two attached hydrogens (primary N) is 1. The Morgan fingerprint density at radius 3 is 2.35 bits per heavy atom. The lowest BCUT2D eigenvalue weighted by atomic mass is 10.1. The number of rotatable bonds is 15. The third-order valence-corrected chi connectivity index (χ3v) is 3.80. The molecule has 134 valence electrons. The summed E-state index contributed by atoms with van der Waals surface area (Å²) in [6, 6.07) is -0.799. The first kappa shape index (κ1) is 21.6. The molecule has 0 saturated carbocycles. The van der Waals surface area contributed by atoms with E-state index in [2.05, 4.69) is 12.2 Å². The first-order chi connectivity index (χ1) is 11.1. The van der Waals surface area contributed by atoms with Crippen LogP contribution in [-0.2, 0) is 9.59 Å². The van der Waals surface area contributed by atoms with Crippen LogP contribution in [0.3, 0.4) is 0 Å². The van der Waals surface area contributed by atoms with Gasteiger partial charge in [0.15, 0.2) is 0 Å². The van der Waals surface area contributed by atoms with Crippen LogP contribution >= 0.6 is 0 Å². The van der Waals surface area contributed by atoms with Gasteiger partial charge in [-0.2, -0.15) is 0 Å². The predicted molar refractivity (Wildman–Crippen MR) is 94.2 cm³/mol. The van der Waals surface area contributed by atoms with Crippen molar-refractivity contribution in [3.05, 3.63) is 12.2 Å². The van der Waals surface area contributed by atoms with E-state index in [1.165, 1.54) is 38.5 Å². The second-order valence-corrected chi connectivity index (χ2v) is 6.04. The molecule has 0 bridgehead atoms. The average molecular weight is 326 g/mol. The van der Waals surface area contributed by atoms with Crippen LogP contribution in [0.4, 0.5) is 0 Å². The van der Waals surface area contributed by atoms with E-state index in [1.807, 2.05) is 6.08 Å². The van der Waals surface area contributed by atoms with E-state index in [1.54, 1.807) is 6.08 Å². The van der Waals surface area contributed by atoms with Crippen LogP contribution in [0.2, 0.25) is 0 Å². The van der Waals surface area contributed by atoms with Crippen molar-refractivity contribution in [1.29, 1.82) is 0 Å². The molecular formula is C18H34N2O3. The van der Waals surface area contributed by atoms with E-state index in [9.17, 15) is 9.59 Å². The van der Waals surface area contributed by atoms with Gasteiger partial charge in [-0.3, -0.25) is 9.59 Å². The molecule has 0 aliphatic rings. The minimum absolute atomic E-state index is 0.0736. The van der Waals surface area contributed by atoms with Crippen molar-refractivity contribution in [2.75, 3.05) is 6.54 Å². The number of carboxylic acids is 1. The summed E-state index contributed by atoms with van der Waals surface area (Å²) in [5.41, 5.74) is 5.40. The summed E-state index contributed by atoms with van der Waals surface area (Å²) in [5.74, 6) is -1.04. The van der Waals surface area contributed by atoms with Gasteiger partial charge in [0.2, 0.25) is 5.91 Å². The summed E-state index contributed by atoms with van der Waals surface area (Å²) in [5, 5.41) is 11.4. The van der Waals surface area contributed by atoms with E-state index < -0.39 is 12.0 Å². The largest absolute Gasteiger partial charge is 0.480 e. The van der Waals surface area contributed by atoms with Crippen LogP contribution in [0.15, 0.2) is 12.2 Å². The van der Waals surface area contributed by atoms with Gasteiger partial charge in [0.1, 0.15) is 6.04 Å². The van der Waals surface area contributed by atoms with Gasteiger partial charge in [0, 0.05) is 6.54 Å². The zero-order valence-electron chi connectivity index (χ0n) is 14.6. The molecule has 0 unspecified atom stereocenters. The Labute approximate surface area is 140 Å². The highest BCUT2D eigenvalue weighted by Crippen LogP contribution is 2.08. The Balaban J connectivity index is 3.40. The summed E-state index contributed by atoms with van der Waals surface area (Å²) in [6.45, 7) is 2.79. The Bertz CT molecular complexity index is 343. The normalized spacial score (nSPS) is 12.4. The molecule has 0 fully saturated rings. The van der Waals surface area contributed by atoms with Crippen LogP contribution < -0.4 is 11.1 Å². The van der Waals surface area contributed by atoms with Crippen molar-refractivity contribution < 1.29 is 14.7 Å². The molecule has 0 rings (SSSR count). The Morgan fingerprint density at radius 2 is 1.70 bits per heavy atom. The van der Waals surface area contributed by atoms with Gasteiger partial charge in [-0.25, -0.2) is 0 Å². The zero-order chi connectivity index (χ0) is 17.3. The summed E-state index contributed by atoms with van der Waals surface area (Å²) >= 11 is 0. The van der Waals surface area contributed by atoms with Crippen molar-refractivity contribution in [3.8, 4) is 0 Å². The van der Waals surface area contributed by atoms with Crippen LogP contribution in [-0.4, -0.2) is 29.6 Å². The first-order valence-electron chi connectivity index (χ1n) is 9.00. The van der Waals surface area contributed by atoms with Gasteiger partial charge < -0.3 is 16.2 Å². The summed E-state index contributed by atoms with van der Waals surface area (Å²) in [7, 11) is 0. The third-order valence-electron chi connectivity index (χ3n) is 3.80. The van der Waals surface area contributed by atoms with Gasteiger partial charge in [-0.15, -0.1) is 0 Å². The van der Waals surface area contributed by atoms with E-state index >= 15 is 0 Å². The highest BCUT2D eigenvalue weighted by atomic mass is 16.4. The lowest BCUT2D eigenvalue weighted by molar-refractivity contribution is -0.138. The molecule has 0 aliphatic carbocycles. The van der Waals surface area contributed by atoms with Gasteiger partial charge in [0.05, 0.1) is 0 Å². The molecule has 0 spiro atoms. The van der Waals surface area contributed by atoms with E-state index in [-0.39, 0.29) is 5.91 Å². The van der Waals surface area contributed by atoms with Crippen LogP contribution in [0.5, 0.6) is 0 Å². The molecule has 0 aromatic heterocycles. The van der Waals surface area contributed by atoms with E-state index in [0.29, 0.717) is 19.4 Å². The number of carbonyl (C=O) groups excluding carboxylic acids is 1. The SMILES string of the molecule is CCCCCCCCC/C=C/C(=O)NCCCC[C@H](N)C(=O)O. The second-order valence-electron chi connectivity index (χ2n) is 6.04. The van der Waals surface area contributed by atoms with Crippen LogP contribution in [0, 0.1) is 0 Å². The number of allylic oxidation sites excluding steroid dienone is 1. The summed E-state index contributed by atoms with van der Waals surface area (Å²) in [6.07, 6.45) is 15.3. The average Bonchev–Trinajstić information content (AvgIpc) is 2.52. The highest BCUT2D eigenvalue weighted by Gasteiger charge is 2.09. The molecular weight excluding hydrogens is 292 g/mol.